The maximum Gasteiger partial charge on any atom is 0.256 e. The van der Waals surface area contributed by atoms with Gasteiger partial charge in [-0.15, -0.1) is 6.42 Å². The molecule has 0 radical (unpaired) electrons. The summed E-state index contributed by atoms with van der Waals surface area (Å²) in [5, 5.41) is 18.3. The SMILES string of the molecule is C#CCOc1ccc([C@@H]2[C@H](C)N[C@]3(C(=O)Nc4ccccc43)[C@@H]2[N+](=O)[O-])cc1Br. The van der Waals surface area contributed by atoms with Crippen LogP contribution in [0.15, 0.2) is 46.9 Å². The Kier molecular flexibility index (Phi) is 4.81. The molecule has 0 aromatic heterocycles. The molecule has 7 nitrogen and oxygen atoms in total. The molecular weight excluding hydrogens is 438 g/mol. The standard InChI is InChI=1S/C21H18BrN3O4/c1-3-10-29-17-9-8-13(11-15(17)22)18-12(2)24-21(19(18)25(27)28)14-6-4-5-7-16(14)23-20(21)26/h1,4-9,11-12,18-19,24H,10H2,2H3,(H,23,26)/t12-,18-,19+,21-/m0/s1. The van der Waals surface area contributed by atoms with Crippen molar-refractivity contribution >= 4 is 27.5 Å². The second-order valence-corrected chi connectivity index (χ2v) is 8.03. The molecule has 2 aliphatic rings. The molecule has 0 unspecified atom stereocenters. The number of nitrogens with zero attached hydrogens (tertiary/aromatic N) is 1. The average Bonchev–Trinajstić information content (AvgIpc) is 3.15. The molecule has 2 aliphatic heterocycles. The van der Waals surface area contributed by atoms with E-state index in [2.05, 4.69) is 32.5 Å². The van der Waals surface area contributed by atoms with Gasteiger partial charge in [-0.25, -0.2) is 0 Å². The van der Waals surface area contributed by atoms with E-state index < -0.39 is 23.4 Å². The lowest BCUT2D eigenvalue weighted by atomic mass is 9.78. The Morgan fingerprint density at radius 3 is 2.79 bits per heavy atom. The van der Waals surface area contributed by atoms with Gasteiger partial charge in [0.15, 0.2) is 5.54 Å². The van der Waals surface area contributed by atoms with E-state index in [1.165, 1.54) is 0 Å². The van der Waals surface area contributed by atoms with E-state index in [4.69, 9.17) is 11.2 Å². The summed E-state index contributed by atoms with van der Waals surface area (Å²) in [7, 11) is 0. The van der Waals surface area contributed by atoms with Crippen LogP contribution in [0.4, 0.5) is 5.69 Å². The van der Waals surface area contributed by atoms with Crippen LogP contribution in [0.5, 0.6) is 5.75 Å². The van der Waals surface area contributed by atoms with Crippen molar-refractivity contribution in [2.24, 2.45) is 0 Å². The smallest absolute Gasteiger partial charge is 0.256 e. The number of nitro groups is 1. The van der Waals surface area contributed by atoms with Crippen molar-refractivity contribution in [1.29, 1.82) is 0 Å². The number of hydrogen-bond donors (Lipinski definition) is 2. The Hall–Kier alpha value is -2.89. The highest BCUT2D eigenvalue weighted by atomic mass is 79.9. The third kappa shape index (κ3) is 2.89. The first kappa shape index (κ1) is 19.4. The zero-order valence-corrected chi connectivity index (χ0v) is 17.1. The molecule has 4 rings (SSSR count). The van der Waals surface area contributed by atoms with Gasteiger partial charge in [-0.3, -0.25) is 20.2 Å². The minimum absolute atomic E-state index is 0.122. The van der Waals surface area contributed by atoms with Crippen molar-refractivity contribution in [2.75, 3.05) is 11.9 Å². The Balaban J connectivity index is 1.80. The van der Waals surface area contributed by atoms with Gasteiger partial charge in [0.05, 0.1) is 10.4 Å². The van der Waals surface area contributed by atoms with Gasteiger partial charge in [-0.1, -0.05) is 30.2 Å². The molecule has 2 N–H and O–H groups in total. The molecule has 8 heteroatoms. The number of carbonyl (C=O) groups is 1. The van der Waals surface area contributed by atoms with Gasteiger partial charge in [0.25, 0.3) is 11.9 Å². The fourth-order valence-corrected chi connectivity index (χ4v) is 5.03. The Morgan fingerprint density at radius 1 is 1.34 bits per heavy atom. The van der Waals surface area contributed by atoms with E-state index in [-0.39, 0.29) is 17.6 Å². The van der Waals surface area contributed by atoms with Gasteiger partial charge in [0, 0.05) is 22.2 Å². The quantitative estimate of drug-likeness (QED) is 0.419. The molecule has 4 atom stereocenters. The zero-order chi connectivity index (χ0) is 20.8. The van der Waals surface area contributed by atoms with Crippen LogP contribution in [-0.4, -0.2) is 29.5 Å². The predicted octanol–water partition coefficient (Wildman–Crippen LogP) is 3.03. The van der Waals surface area contributed by atoms with Crippen molar-refractivity contribution in [3.8, 4) is 18.1 Å². The summed E-state index contributed by atoms with van der Waals surface area (Å²) in [6, 6.07) is 10.9. The Morgan fingerprint density at radius 2 is 2.10 bits per heavy atom. The number of para-hydroxylation sites is 1. The lowest BCUT2D eigenvalue weighted by molar-refractivity contribution is -0.532. The number of fused-ring (bicyclic) bond motifs is 2. The predicted molar refractivity (Wildman–Crippen MR) is 111 cm³/mol. The summed E-state index contributed by atoms with van der Waals surface area (Å²) in [4.78, 5) is 24.9. The van der Waals surface area contributed by atoms with Crippen LogP contribution in [-0.2, 0) is 10.3 Å². The Labute approximate surface area is 176 Å². The third-order valence-electron chi connectivity index (χ3n) is 5.62. The summed E-state index contributed by atoms with van der Waals surface area (Å²) in [6.45, 7) is 1.98. The molecule has 148 valence electrons. The third-order valence-corrected chi connectivity index (χ3v) is 6.23. The molecule has 0 aliphatic carbocycles. The fraction of sp³-hybridized carbons (Fsp3) is 0.286. The van der Waals surface area contributed by atoms with Crippen LogP contribution in [0, 0.1) is 22.5 Å². The number of nitrogens with one attached hydrogen (secondary N) is 2. The largest absolute Gasteiger partial charge is 0.480 e. The number of anilines is 1. The van der Waals surface area contributed by atoms with E-state index in [0.29, 0.717) is 21.5 Å². The van der Waals surface area contributed by atoms with E-state index >= 15 is 0 Å². The summed E-state index contributed by atoms with van der Waals surface area (Å²) in [6.07, 6.45) is 5.23. The fourth-order valence-electron chi connectivity index (χ4n) is 4.51. The summed E-state index contributed by atoms with van der Waals surface area (Å²) >= 11 is 3.45. The molecule has 29 heavy (non-hydrogen) atoms. The highest BCUT2D eigenvalue weighted by Gasteiger charge is 2.67. The second-order valence-electron chi connectivity index (χ2n) is 7.18. The highest BCUT2D eigenvalue weighted by Crippen LogP contribution is 2.50. The number of carbonyl (C=O) groups excluding carboxylic acids is 1. The first-order valence-electron chi connectivity index (χ1n) is 9.08. The maximum atomic E-state index is 13.0. The summed E-state index contributed by atoms with van der Waals surface area (Å²) in [5.41, 5.74) is 0.522. The van der Waals surface area contributed by atoms with Gasteiger partial charge >= 0.3 is 0 Å². The molecular formula is C21H18BrN3O4. The van der Waals surface area contributed by atoms with Gasteiger partial charge in [-0.05, 0) is 46.6 Å². The molecule has 0 saturated carbocycles. The topological polar surface area (TPSA) is 93.5 Å². The molecule has 2 aromatic rings. The number of hydrogen-bond acceptors (Lipinski definition) is 5. The first-order valence-corrected chi connectivity index (χ1v) is 9.87. The minimum atomic E-state index is -1.42. The van der Waals surface area contributed by atoms with E-state index in [9.17, 15) is 14.9 Å². The first-order chi connectivity index (χ1) is 13.9. The van der Waals surface area contributed by atoms with Crippen LogP contribution >= 0.6 is 15.9 Å². The van der Waals surface area contributed by atoms with Gasteiger partial charge in [-0.2, -0.15) is 0 Å². The number of halogens is 1. The Bertz CT molecular complexity index is 1050. The lowest BCUT2D eigenvalue weighted by Gasteiger charge is -2.25. The van der Waals surface area contributed by atoms with Crippen LogP contribution < -0.4 is 15.4 Å². The minimum Gasteiger partial charge on any atom is -0.480 e. The van der Waals surface area contributed by atoms with Gasteiger partial charge in [0.1, 0.15) is 12.4 Å². The molecule has 2 heterocycles. The van der Waals surface area contributed by atoms with Crippen molar-refractivity contribution in [2.45, 2.75) is 30.5 Å². The van der Waals surface area contributed by atoms with E-state index in [1.807, 2.05) is 6.92 Å². The zero-order valence-electron chi connectivity index (χ0n) is 15.5. The van der Waals surface area contributed by atoms with E-state index in [0.717, 1.165) is 5.56 Å². The summed E-state index contributed by atoms with van der Waals surface area (Å²) < 4.78 is 6.11. The number of benzene rings is 2. The molecule has 1 amide bonds. The van der Waals surface area contributed by atoms with Crippen molar-refractivity contribution in [3.05, 3.63) is 68.2 Å². The van der Waals surface area contributed by atoms with Crippen LogP contribution in [0.25, 0.3) is 0 Å². The van der Waals surface area contributed by atoms with Crippen LogP contribution in [0.3, 0.4) is 0 Å². The summed E-state index contributed by atoms with van der Waals surface area (Å²) in [5.74, 6) is 2.03. The van der Waals surface area contributed by atoms with Crippen molar-refractivity contribution < 1.29 is 14.5 Å². The monoisotopic (exact) mass is 455 g/mol. The number of terminal acetylenes is 1. The van der Waals surface area contributed by atoms with Crippen LogP contribution in [0.1, 0.15) is 24.0 Å². The highest BCUT2D eigenvalue weighted by molar-refractivity contribution is 9.10. The lowest BCUT2D eigenvalue weighted by Crippen LogP contribution is -2.54. The molecule has 1 spiro atoms. The second kappa shape index (κ2) is 7.17. The van der Waals surface area contributed by atoms with Gasteiger partial charge in [0.2, 0.25) is 0 Å². The molecule has 1 fully saturated rings. The molecule has 2 aromatic carbocycles. The molecule has 0 bridgehead atoms. The average molecular weight is 456 g/mol. The van der Waals surface area contributed by atoms with E-state index in [1.54, 1.807) is 42.5 Å². The number of ether oxygens (including phenoxy) is 1. The van der Waals surface area contributed by atoms with Crippen LogP contribution in [0.2, 0.25) is 0 Å². The maximum absolute atomic E-state index is 13.0. The number of rotatable bonds is 4. The van der Waals surface area contributed by atoms with Crippen molar-refractivity contribution in [3.63, 3.8) is 0 Å². The number of amides is 1. The van der Waals surface area contributed by atoms with Crippen molar-refractivity contribution in [1.82, 2.24) is 5.32 Å². The normalized spacial score (nSPS) is 27.3. The van der Waals surface area contributed by atoms with Gasteiger partial charge < -0.3 is 10.1 Å². The molecule has 1 saturated heterocycles.